The molecule has 0 spiro atoms. The summed E-state index contributed by atoms with van der Waals surface area (Å²) in [4.78, 5) is 18.0. The molecule has 2 N–H and O–H groups in total. The smallest absolute Gasteiger partial charge is 0.348 e. The summed E-state index contributed by atoms with van der Waals surface area (Å²) in [5.41, 5.74) is 7.31. The molecule has 2 aliphatic heterocycles. The van der Waals surface area contributed by atoms with Crippen molar-refractivity contribution in [1.82, 2.24) is 15.6 Å². The molecule has 1 fully saturated rings. The highest BCUT2D eigenvalue weighted by atomic mass is 32.1. The summed E-state index contributed by atoms with van der Waals surface area (Å²) in [6, 6.07) is 14.4. The van der Waals surface area contributed by atoms with Crippen molar-refractivity contribution in [3.05, 3.63) is 104 Å². The van der Waals surface area contributed by atoms with Crippen LogP contribution in [0.1, 0.15) is 52.0 Å². The first-order chi connectivity index (χ1) is 18.0. The number of hydrogen-bond acceptors (Lipinski definition) is 6. The quantitative estimate of drug-likeness (QED) is 0.474. The highest BCUT2D eigenvalue weighted by molar-refractivity contribution is 7.12. The highest BCUT2D eigenvalue weighted by Gasteiger charge is 2.21. The van der Waals surface area contributed by atoms with Crippen LogP contribution < -0.4 is 21.1 Å². The predicted octanol–water partition coefficient (Wildman–Crippen LogP) is 4.64. The third-order valence-corrected chi connectivity index (χ3v) is 7.56. The molecule has 188 valence electrons. The Morgan fingerprint density at radius 1 is 1.24 bits per heavy atom. The number of pyridine rings is 1. The van der Waals surface area contributed by atoms with E-state index >= 15 is 0 Å². The summed E-state index contributed by atoms with van der Waals surface area (Å²) < 4.78 is 5.65. The minimum Gasteiger partial charge on any atom is -0.457 e. The van der Waals surface area contributed by atoms with Crippen LogP contribution in [-0.4, -0.2) is 30.1 Å². The average Bonchev–Trinajstić information content (AvgIpc) is 3.61. The average molecular weight is 510 g/mol. The van der Waals surface area contributed by atoms with Crippen molar-refractivity contribution in [3.63, 3.8) is 0 Å². The SMILES string of the molecule is C=c1ccc(C2=C(c3cccc(C)n3)NC=CC2)c/c1=C/C(=C\C)c1csc(C(=O)O[C@@H]2CCNC2)c1. The van der Waals surface area contributed by atoms with Gasteiger partial charge in [0.2, 0.25) is 0 Å². The number of carbonyl (C=O) groups is 1. The molecular weight excluding hydrogens is 478 g/mol. The molecule has 1 atom stereocenters. The number of nitrogens with one attached hydrogen (secondary N) is 2. The zero-order valence-corrected chi connectivity index (χ0v) is 22.0. The maximum absolute atomic E-state index is 12.6. The lowest BCUT2D eigenvalue weighted by Crippen LogP contribution is -2.24. The molecule has 5 rings (SSSR count). The van der Waals surface area contributed by atoms with Crippen LogP contribution in [0.4, 0.5) is 0 Å². The fourth-order valence-corrected chi connectivity index (χ4v) is 5.43. The van der Waals surface area contributed by atoms with Gasteiger partial charge in [-0.2, -0.15) is 0 Å². The number of benzene rings is 1. The van der Waals surface area contributed by atoms with E-state index in [0.717, 1.165) is 70.2 Å². The van der Waals surface area contributed by atoms with Gasteiger partial charge >= 0.3 is 5.97 Å². The van der Waals surface area contributed by atoms with Gasteiger partial charge in [-0.25, -0.2) is 4.79 Å². The van der Waals surface area contributed by atoms with Crippen LogP contribution >= 0.6 is 11.3 Å². The van der Waals surface area contributed by atoms with Gasteiger partial charge < -0.3 is 15.4 Å². The molecule has 6 heteroatoms. The third-order valence-electron chi connectivity index (χ3n) is 6.65. The van der Waals surface area contributed by atoms with E-state index in [2.05, 4.69) is 53.6 Å². The number of hydrogen-bond donors (Lipinski definition) is 2. The second-order valence-electron chi connectivity index (χ2n) is 9.29. The molecule has 37 heavy (non-hydrogen) atoms. The van der Waals surface area contributed by atoms with Gasteiger partial charge in [0, 0.05) is 12.2 Å². The van der Waals surface area contributed by atoms with E-state index in [1.165, 1.54) is 16.9 Å². The number of ether oxygens (including phenoxy) is 1. The van der Waals surface area contributed by atoms with Gasteiger partial charge in [0.05, 0.1) is 11.4 Å². The summed E-state index contributed by atoms with van der Waals surface area (Å²) in [5, 5.41) is 10.6. The number of aromatic nitrogens is 1. The van der Waals surface area contributed by atoms with Gasteiger partial charge in [-0.05, 0) is 108 Å². The fourth-order valence-electron chi connectivity index (χ4n) is 4.63. The largest absolute Gasteiger partial charge is 0.457 e. The number of carbonyl (C=O) groups excluding carboxylic acids is 1. The molecule has 4 heterocycles. The first-order valence-electron chi connectivity index (χ1n) is 12.6. The summed E-state index contributed by atoms with van der Waals surface area (Å²) in [7, 11) is 0. The second kappa shape index (κ2) is 11.1. The predicted molar refractivity (Wildman–Crippen MR) is 153 cm³/mol. The lowest BCUT2D eigenvalue weighted by atomic mass is 9.95. The number of allylic oxidation sites excluding steroid dienone is 4. The van der Waals surface area contributed by atoms with E-state index in [4.69, 9.17) is 9.72 Å². The van der Waals surface area contributed by atoms with Crippen LogP contribution in [0.2, 0.25) is 0 Å². The Kier molecular flexibility index (Phi) is 7.49. The fraction of sp³-hybridized carbons (Fsp3) is 0.226. The molecule has 5 nitrogen and oxygen atoms in total. The summed E-state index contributed by atoms with van der Waals surface area (Å²) in [6.07, 6.45) is 9.95. The van der Waals surface area contributed by atoms with Crippen molar-refractivity contribution in [2.75, 3.05) is 13.1 Å². The summed E-state index contributed by atoms with van der Waals surface area (Å²) in [6.45, 7) is 9.91. The second-order valence-corrected chi connectivity index (χ2v) is 10.2. The van der Waals surface area contributed by atoms with Crippen LogP contribution in [-0.2, 0) is 4.74 Å². The zero-order valence-electron chi connectivity index (χ0n) is 21.2. The molecule has 1 saturated heterocycles. The number of dihydropyridines is 1. The highest BCUT2D eigenvalue weighted by Crippen LogP contribution is 2.29. The van der Waals surface area contributed by atoms with Gasteiger partial charge in [0.25, 0.3) is 0 Å². The molecule has 0 radical (unpaired) electrons. The number of thiophene rings is 1. The van der Waals surface area contributed by atoms with Crippen LogP contribution in [0.25, 0.3) is 29.5 Å². The van der Waals surface area contributed by atoms with Crippen molar-refractivity contribution in [1.29, 1.82) is 0 Å². The first-order valence-corrected chi connectivity index (χ1v) is 13.5. The Bertz CT molecular complexity index is 1520. The van der Waals surface area contributed by atoms with E-state index in [1.54, 1.807) is 0 Å². The van der Waals surface area contributed by atoms with E-state index in [-0.39, 0.29) is 12.1 Å². The lowest BCUT2D eigenvalue weighted by molar-refractivity contribution is 0.0350. The molecular formula is C31H31N3O2S. The maximum Gasteiger partial charge on any atom is 0.348 e. The first kappa shape index (κ1) is 24.9. The molecule has 0 amide bonds. The van der Waals surface area contributed by atoms with Gasteiger partial charge in [0.1, 0.15) is 11.0 Å². The molecule has 0 aliphatic carbocycles. The minimum absolute atomic E-state index is 0.0411. The van der Waals surface area contributed by atoms with Crippen molar-refractivity contribution >= 4 is 46.8 Å². The van der Waals surface area contributed by atoms with Crippen LogP contribution in [0.5, 0.6) is 0 Å². The number of rotatable bonds is 6. The molecule has 0 bridgehead atoms. The third kappa shape index (κ3) is 5.66. The van der Waals surface area contributed by atoms with Crippen LogP contribution in [0.15, 0.2) is 66.2 Å². The standard InChI is InChI=1S/C31H31N3O2S/c1-4-22(25-17-29(37-19-25)31(35)36-26-12-14-32-18-26)15-24-16-23(11-10-20(24)2)27-8-6-13-33-30(27)28-9-5-7-21(3)34-28/h4-7,9-11,13,15-17,19,26,32-33H,2,8,12,14,18H2,1,3H3/b22-4+,24-15-/t26-/m1/s1. The van der Waals surface area contributed by atoms with E-state index in [9.17, 15) is 4.79 Å². The minimum atomic E-state index is -0.248. The molecule has 2 aromatic heterocycles. The van der Waals surface area contributed by atoms with Gasteiger partial charge in [0.15, 0.2) is 0 Å². The maximum atomic E-state index is 12.6. The number of esters is 1. The molecule has 1 aromatic carbocycles. The van der Waals surface area contributed by atoms with Crippen molar-refractivity contribution in [3.8, 4) is 0 Å². The monoisotopic (exact) mass is 509 g/mol. The molecule has 0 saturated carbocycles. The van der Waals surface area contributed by atoms with E-state index in [1.807, 2.05) is 49.7 Å². The van der Waals surface area contributed by atoms with Gasteiger partial charge in [-0.15, -0.1) is 11.3 Å². The Morgan fingerprint density at radius 2 is 2.14 bits per heavy atom. The molecule has 0 unspecified atom stereocenters. The Hall–Kier alpha value is -3.74. The van der Waals surface area contributed by atoms with Crippen molar-refractivity contribution < 1.29 is 9.53 Å². The van der Waals surface area contributed by atoms with Crippen molar-refractivity contribution in [2.45, 2.75) is 32.8 Å². The van der Waals surface area contributed by atoms with E-state index < -0.39 is 0 Å². The Labute approximate surface area is 221 Å². The zero-order chi connectivity index (χ0) is 25.8. The Morgan fingerprint density at radius 3 is 2.92 bits per heavy atom. The summed E-state index contributed by atoms with van der Waals surface area (Å²) in [5.74, 6) is -0.248. The van der Waals surface area contributed by atoms with Crippen LogP contribution in [0.3, 0.4) is 0 Å². The molecule has 3 aromatic rings. The number of aryl methyl sites for hydroxylation is 1. The van der Waals surface area contributed by atoms with E-state index in [0.29, 0.717) is 4.88 Å². The molecule has 2 aliphatic rings. The normalized spacial score (nSPS) is 18.3. The van der Waals surface area contributed by atoms with Crippen molar-refractivity contribution in [2.24, 2.45) is 0 Å². The summed E-state index contributed by atoms with van der Waals surface area (Å²) >= 11 is 1.42. The van der Waals surface area contributed by atoms with Crippen LogP contribution in [0, 0.1) is 6.92 Å². The van der Waals surface area contributed by atoms with Gasteiger partial charge in [-0.1, -0.05) is 36.9 Å². The van der Waals surface area contributed by atoms with Gasteiger partial charge in [-0.3, -0.25) is 4.98 Å². The Balaban J connectivity index is 1.47. The topological polar surface area (TPSA) is 63.2 Å². The lowest BCUT2D eigenvalue weighted by Gasteiger charge is -2.18. The number of nitrogens with zero attached hydrogens (tertiary/aromatic N) is 1.